The van der Waals surface area contributed by atoms with Gasteiger partial charge in [-0.2, -0.15) is 16.1 Å². The number of halogens is 1. The lowest BCUT2D eigenvalue weighted by Gasteiger charge is -2.25. The van der Waals surface area contributed by atoms with E-state index in [-0.39, 0.29) is 11.4 Å². The monoisotopic (exact) mass is 408 g/mol. The van der Waals surface area contributed by atoms with Crippen molar-refractivity contribution < 1.29 is 12.8 Å². The Kier molecular flexibility index (Phi) is 4.79. The van der Waals surface area contributed by atoms with Crippen molar-refractivity contribution in [3.63, 3.8) is 0 Å². The third-order valence-corrected chi connectivity index (χ3v) is 7.26. The maximum absolute atomic E-state index is 13.9. The van der Waals surface area contributed by atoms with Crippen molar-refractivity contribution in [2.45, 2.75) is 11.4 Å². The zero-order chi connectivity index (χ0) is 19.0. The second kappa shape index (κ2) is 7.10. The van der Waals surface area contributed by atoms with Crippen molar-refractivity contribution in [3.8, 4) is 0 Å². The Hall–Kier alpha value is -2.17. The average molecular weight is 408 g/mol. The first-order chi connectivity index (χ1) is 13.0. The van der Waals surface area contributed by atoms with E-state index in [0.717, 1.165) is 16.2 Å². The molecule has 0 bridgehead atoms. The van der Waals surface area contributed by atoms with E-state index >= 15 is 0 Å². The Morgan fingerprint density at radius 3 is 2.59 bits per heavy atom. The van der Waals surface area contributed by atoms with Crippen molar-refractivity contribution in [1.29, 1.82) is 0 Å². The fourth-order valence-corrected chi connectivity index (χ4v) is 5.55. The highest BCUT2D eigenvalue weighted by atomic mass is 32.2. The molecular weight excluding hydrogens is 391 g/mol. The van der Waals surface area contributed by atoms with E-state index < -0.39 is 21.5 Å². The van der Waals surface area contributed by atoms with Crippen LogP contribution in [0, 0.1) is 5.82 Å². The number of pyridine rings is 1. The summed E-state index contributed by atoms with van der Waals surface area (Å²) >= 11 is 1.72. The molecule has 4 rings (SSSR count). The number of hydrogen-bond donors (Lipinski definition) is 0. The quantitative estimate of drug-likeness (QED) is 0.653. The zero-order valence-corrected chi connectivity index (χ0v) is 15.9. The number of sulfonamides is 1. The van der Waals surface area contributed by atoms with Crippen molar-refractivity contribution in [1.82, 2.24) is 18.5 Å². The number of nitrogens with zero attached hydrogens (tertiary/aromatic N) is 4. The van der Waals surface area contributed by atoms with E-state index in [1.54, 1.807) is 30.0 Å². The summed E-state index contributed by atoms with van der Waals surface area (Å²) in [7, 11) is -3.66. The van der Waals surface area contributed by atoms with Gasteiger partial charge >= 0.3 is 5.69 Å². The normalized spacial score (nSPS) is 16.0. The first-order valence-electron chi connectivity index (χ1n) is 8.37. The first-order valence-corrected chi connectivity index (χ1v) is 11.0. The number of hydrogen-bond acceptors (Lipinski definition) is 5. The number of benzene rings is 1. The average Bonchev–Trinajstić information content (AvgIpc) is 2.99. The van der Waals surface area contributed by atoms with Crippen LogP contribution in [0.4, 0.5) is 4.39 Å². The van der Waals surface area contributed by atoms with E-state index in [1.165, 1.54) is 33.1 Å². The predicted octanol–water partition coefficient (Wildman–Crippen LogP) is 1.42. The first kappa shape index (κ1) is 18.2. The van der Waals surface area contributed by atoms with E-state index in [9.17, 15) is 17.6 Å². The third kappa shape index (κ3) is 3.40. The number of fused-ring (bicyclic) bond motifs is 1. The van der Waals surface area contributed by atoms with Gasteiger partial charge in [-0.05, 0) is 18.2 Å². The summed E-state index contributed by atoms with van der Waals surface area (Å²) < 4.78 is 43.2. The van der Waals surface area contributed by atoms with Crippen LogP contribution in [0.25, 0.3) is 5.65 Å². The highest BCUT2D eigenvalue weighted by Gasteiger charge is 2.27. The van der Waals surface area contributed by atoms with Gasteiger partial charge in [0.2, 0.25) is 10.0 Å². The smallest absolute Gasteiger partial charge is 0.249 e. The van der Waals surface area contributed by atoms with E-state index in [2.05, 4.69) is 5.10 Å². The Morgan fingerprint density at radius 1 is 1.11 bits per heavy atom. The third-order valence-electron chi connectivity index (χ3n) is 4.44. The van der Waals surface area contributed by atoms with Crippen LogP contribution in [0.3, 0.4) is 0 Å². The van der Waals surface area contributed by atoms with E-state index in [0.29, 0.717) is 24.3 Å². The minimum Gasteiger partial charge on any atom is -0.249 e. The van der Waals surface area contributed by atoms with Gasteiger partial charge in [0.1, 0.15) is 5.82 Å². The largest absolute Gasteiger partial charge is 0.350 e. The Bertz CT molecular complexity index is 1150. The molecule has 1 aliphatic heterocycles. The molecule has 0 spiro atoms. The van der Waals surface area contributed by atoms with Gasteiger partial charge in [0.15, 0.2) is 5.65 Å². The van der Waals surface area contributed by atoms with Crippen LogP contribution >= 0.6 is 11.8 Å². The summed E-state index contributed by atoms with van der Waals surface area (Å²) in [6.45, 7) is 0.873. The molecule has 0 saturated carbocycles. The molecular formula is C17H17FN4O3S2. The van der Waals surface area contributed by atoms with Gasteiger partial charge in [-0.25, -0.2) is 26.7 Å². The lowest BCUT2D eigenvalue weighted by Crippen LogP contribution is -2.38. The molecule has 10 heteroatoms. The second-order valence-corrected chi connectivity index (χ2v) is 9.30. The highest BCUT2D eigenvalue weighted by Crippen LogP contribution is 2.20. The molecule has 2 aromatic heterocycles. The molecule has 0 N–H and O–H groups in total. The second-order valence-electron chi connectivity index (χ2n) is 6.14. The van der Waals surface area contributed by atoms with Gasteiger partial charge < -0.3 is 0 Å². The molecule has 0 amide bonds. The summed E-state index contributed by atoms with van der Waals surface area (Å²) in [6.07, 6.45) is 1.29. The summed E-state index contributed by atoms with van der Waals surface area (Å²) in [5, 5.41) is 4.17. The molecule has 1 aliphatic rings. The van der Waals surface area contributed by atoms with Crippen molar-refractivity contribution in [2.24, 2.45) is 0 Å². The van der Waals surface area contributed by atoms with Crippen LogP contribution in [0.1, 0.15) is 5.56 Å². The van der Waals surface area contributed by atoms with Crippen molar-refractivity contribution in [3.05, 3.63) is 64.5 Å². The maximum atomic E-state index is 13.9. The number of rotatable bonds is 4. The maximum Gasteiger partial charge on any atom is 0.350 e. The Labute approximate surface area is 159 Å². The molecule has 1 fully saturated rings. The molecule has 1 saturated heterocycles. The Balaban J connectivity index is 1.72. The molecule has 0 aliphatic carbocycles. The predicted molar refractivity (Wildman–Crippen MR) is 101 cm³/mol. The SMILES string of the molecule is O=c1n(Cc2ccccc2F)nc2ccc(S(=O)(=O)N3CCSCC3)cn12. The summed E-state index contributed by atoms with van der Waals surface area (Å²) in [5.74, 6) is 1.08. The van der Waals surface area contributed by atoms with Gasteiger partial charge in [-0.1, -0.05) is 18.2 Å². The highest BCUT2D eigenvalue weighted by molar-refractivity contribution is 7.99. The van der Waals surface area contributed by atoms with Crippen LogP contribution in [0.15, 0.2) is 52.3 Å². The lowest BCUT2D eigenvalue weighted by molar-refractivity contribution is 0.443. The van der Waals surface area contributed by atoms with E-state index in [1.807, 2.05) is 0 Å². The molecule has 7 nitrogen and oxygen atoms in total. The molecule has 27 heavy (non-hydrogen) atoms. The summed E-state index contributed by atoms with van der Waals surface area (Å²) in [6, 6.07) is 9.09. The fraction of sp³-hybridized carbons (Fsp3) is 0.294. The Morgan fingerprint density at radius 2 is 1.85 bits per heavy atom. The zero-order valence-electron chi connectivity index (χ0n) is 14.3. The van der Waals surface area contributed by atoms with Crippen LogP contribution in [-0.2, 0) is 16.6 Å². The minimum absolute atomic E-state index is 0.0291. The standard InChI is InChI=1S/C17H17FN4O3S2/c18-15-4-2-1-3-13(15)11-22-17(23)21-12-14(5-6-16(21)19-22)27(24,25)20-7-9-26-10-8-20/h1-6,12H,7-11H2. The lowest BCUT2D eigenvalue weighted by atomic mass is 10.2. The van der Waals surface area contributed by atoms with Gasteiger partial charge in [0.05, 0.1) is 11.4 Å². The molecule has 3 aromatic rings. The molecule has 0 atom stereocenters. The summed E-state index contributed by atoms with van der Waals surface area (Å²) in [4.78, 5) is 12.7. The van der Waals surface area contributed by atoms with Crippen LogP contribution in [-0.4, -0.2) is 51.5 Å². The van der Waals surface area contributed by atoms with Crippen molar-refractivity contribution in [2.75, 3.05) is 24.6 Å². The van der Waals surface area contributed by atoms with Gasteiger partial charge in [0, 0.05) is 36.4 Å². The molecule has 142 valence electrons. The van der Waals surface area contributed by atoms with Crippen LogP contribution in [0.2, 0.25) is 0 Å². The minimum atomic E-state index is -3.66. The summed E-state index contributed by atoms with van der Waals surface area (Å²) in [5.41, 5.74) is 0.130. The van der Waals surface area contributed by atoms with Crippen LogP contribution < -0.4 is 5.69 Å². The van der Waals surface area contributed by atoms with Gasteiger partial charge in [-0.3, -0.25) is 0 Å². The number of aromatic nitrogens is 3. The molecule has 3 heterocycles. The van der Waals surface area contributed by atoms with Gasteiger partial charge in [-0.15, -0.1) is 5.10 Å². The van der Waals surface area contributed by atoms with Crippen LogP contribution in [0.5, 0.6) is 0 Å². The van der Waals surface area contributed by atoms with Crippen molar-refractivity contribution >= 4 is 27.4 Å². The molecule has 0 radical (unpaired) electrons. The number of thioether (sulfide) groups is 1. The topological polar surface area (TPSA) is 76.7 Å². The molecule has 1 aromatic carbocycles. The fourth-order valence-electron chi connectivity index (χ4n) is 2.98. The van der Waals surface area contributed by atoms with Gasteiger partial charge in [0.25, 0.3) is 0 Å². The van der Waals surface area contributed by atoms with E-state index in [4.69, 9.17) is 0 Å². The molecule has 0 unspecified atom stereocenters.